The summed E-state index contributed by atoms with van der Waals surface area (Å²) in [4.78, 5) is 45.9. The first kappa shape index (κ1) is 48.8. The summed E-state index contributed by atoms with van der Waals surface area (Å²) < 4.78 is 49.1. The Bertz CT molecular complexity index is 1680. The third-order valence-corrected chi connectivity index (χ3v) is 6.69. The van der Waals surface area contributed by atoms with Crippen LogP contribution in [0, 0.1) is 6.92 Å². The van der Waals surface area contributed by atoms with E-state index in [0.717, 1.165) is 5.56 Å². The number of ether oxygens (including phenoxy) is 4. The minimum Gasteiger partial charge on any atom is -0.508 e. The van der Waals surface area contributed by atoms with Gasteiger partial charge >= 0.3 is 24.0 Å². The van der Waals surface area contributed by atoms with Crippen molar-refractivity contribution in [1.82, 2.24) is 5.32 Å². The van der Waals surface area contributed by atoms with Crippen LogP contribution in [0.1, 0.15) is 79.0 Å². The van der Waals surface area contributed by atoms with E-state index >= 15 is 0 Å². The van der Waals surface area contributed by atoms with Crippen molar-refractivity contribution in [1.29, 1.82) is 0 Å². The number of aryl methyl sites for hydroxylation is 1. The van der Waals surface area contributed by atoms with E-state index in [1.165, 1.54) is 36.4 Å². The number of alkyl carbamates (subject to hydrolysis) is 1. The summed E-state index contributed by atoms with van der Waals surface area (Å²) in [5.41, 5.74) is 0.165. The van der Waals surface area contributed by atoms with E-state index in [2.05, 4.69) is 10.1 Å². The van der Waals surface area contributed by atoms with Crippen LogP contribution in [0.4, 0.5) is 4.79 Å². The van der Waals surface area contributed by atoms with Gasteiger partial charge in [-0.1, -0.05) is 48.0 Å². The van der Waals surface area contributed by atoms with Crippen LogP contribution in [-0.4, -0.2) is 82.8 Å². The van der Waals surface area contributed by atoms with Gasteiger partial charge < -0.3 is 39.6 Å². The molecule has 54 heavy (non-hydrogen) atoms. The molecule has 0 heterocycles. The summed E-state index contributed by atoms with van der Waals surface area (Å²) in [6, 6.07) is 19.6. The van der Waals surface area contributed by atoms with Crippen LogP contribution in [0.15, 0.2) is 83.8 Å². The molecule has 2 atom stereocenters. The van der Waals surface area contributed by atoms with E-state index in [1.807, 2.05) is 13.0 Å². The van der Waals surface area contributed by atoms with Gasteiger partial charge in [-0.05, 0) is 104 Å². The highest BCUT2D eigenvalue weighted by atomic mass is 32.2. The second kappa shape index (κ2) is 23.5. The van der Waals surface area contributed by atoms with Gasteiger partial charge in [0, 0.05) is 0 Å². The smallest absolute Gasteiger partial charge is 0.408 e. The van der Waals surface area contributed by atoms with Gasteiger partial charge in [0.05, 0.1) is 24.5 Å². The molecule has 0 aliphatic heterocycles. The number of hydrogen-bond acceptors (Lipinski definition) is 13. The Morgan fingerprint density at radius 1 is 0.704 bits per heavy atom. The molecular weight excluding hydrogens is 726 g/mol. The predicted molar refractivity (Wildman–Crippen MR) is 199 cm³/mol. The Balaban J connectivity index is 0.000000742. The van der Waals surface area contributed by atoms with Crippen molar-refractivity contribution in [2.75, 3.05) is 13.2 Å². The number of carbonyl (C=O) groups is 4. The average molecular weight is 780 g/mol. The van der Waals surface area contributed by atoms with Crippen LogP contribution < -0.4 is 5.32 Å². The van der Waals surface area contributed by atoms with Crippen LogP contribution in [0.25, 0.3) is 0 Å². The van der Waals surface area contributed by atoms with E-state index < -0.39 is 57.5 Å². The lowest BCUT2D eigenvalue weighted by atomic mass is 10.1. The monoisotopic (exact) mass is 779 g/mol. The number of phenolic OH excluding ortho intramolecular Hbond substituents is 2. The normalized spacial score (nSPS) is 11.9. The van der Waals surface area contributed by atoms with Gasteiger partial charge in [0.2, 0.25) is 0 Å². The van der Waals surface area contributed by atoms with E-state index in [0.29, 0.717) is 11.3 Å². The SMILES string of the molecule is CCOC(=O)C(NC(=O)OC(C)(C)C)c1ccc(O)cc1.CCOC(=O)C(O)CC(=O)OC(C)(C)C.Cc1ccc(S(=O)(=O)O)cc1.Oc1ccccc1. The number of aromatic hydroxyl groups is 2. The maximum atomic E-state index is 12.0. The molecule has 3 aromatic rings. The summed E-state index contributed by atoms with van der Waals surface area (Å²) in [7, 11) is -4.02. The summed E-state index contributed by atoms with van der Waals surface area (Å²) >= 11 is 0. The number of amides is 1. The van der Waals surface area contributed by atoms with Crippen molar-refractivity contribution in [2.24, 2.45) is 0 Å². The second-order valence-electron chi connectivity index (χ2n) is 13.1. The molecule has 5 N–H and O–H groups in total. The average Bonchev–Trinajstić information content (AvgIpc) is 3.04. The topological polar surface area (TPSA) is 232 Å². The fraction of sp³-hybridized carbons (Fsp3) is 0.421. The highest BCUT2D eigenvalue weighted by molar-refractivity contribution is 7.85. The Morgan fingerprint density at radius 2 is 1.17 bits per heavy atom. The van der Waals surface area contributed by atoms with Gasteiger partial charge in [-0.15, -0.1) is 0 Å². The van der Waals surface area contributed by atoms with Crippen molar-refractivity contribution >= 4 is 34.1 Å². The molecule has 0 aliphatic carbocycles. The summed E-state index contributed by atoms with van der Waals surface area (Å²) in [6.45, 7) is 15.8. The van der Waals surface area contributed by atoms with Gasteiger partial charge in [-0.3, -0.25) is 9.35 Å². The van der Waals surface area contributed by atoms with Crippen LogP contribution in [0.3, 0.4) is 0 Å². The van der Waals surface area contributed by atoms with Crippen LogP contribution in [-0.2, 0) is 43.4 Å². The van der Waals surface area contributed by atoms with Crippen molar-refractivity contribution in [3.8, 4) is 11.5 Å². The maximum Gasteiger partial charge on any atom is 0.408 e. The second-order valence-corrected chi connectivity index (χ2v) is 14.5. The predicted octanol–water partition coefficient (Wildman–Crippen LogP) is 5.80. The zero-order valence-electron chi connectivity index (χ0n) is 32.1. The molecule has 0 saturated heterocycles. The van der Waals surface area contributed by atoms with E-state index in [4.69, 9.17) is 23.9 Å². The Morgan fingerprint density at radius 3 is 1.57 bits per heavy atom. The first-order valence-corrected chi connectivity index (χ1v) is 18.1. The number of esters is 3. The molecule has 0 spiro atoms. The third-order valence-electron chi connectivity index (χ3n) is 5.82. The molecular formula is C38H53NO14S. The molecule has 3 rings (SSSR count). The van der Waals surface area contributed by atoms with E-state index in [1.54, 1.807) is 91.8 Å². The lowest BCUT2D eigenvalue weighted by Gasteiger charge is -2.23. The Labute approximate surface area is 317 Å². The number of aliphatic hydroxyl groups excluding tert-OH is 1. The maximum absolute atomic E-state index is 12.0. The van der Waals surface area contributed by atoms with Crippen LogP contribution >= 0.6 is 0 Å². The fourth-order valence-corrected chi connectivity index (χ4v) is 4.08. The molecule has 2 unspecified atom stereocenters. The summed E-state index contributed by atoms with van der Waals surface area (Å²) in [5.74, 6) is -1.62. The zero-order chi connectivity index (χ0) is 41.7. The molecule has 0 aromatic heterocycles. The number of hydrogen-bond donors (Lipinski definition) is 5. The lowest BCUT2D eigenvalue weighted by molar-refractivity contribution is -0.165. The number of nitrogens with one attached hydrogen (secondary N) is 1. The Hall–Kier alpha value is -5.19. The number of carbonyl (C=O) groups excluding carboxylic acids is 4. The molecule has 15 nitrogen and oxygen atoms in total. The molecule has 16 heteroatoms. The lowest BCUT2D eigenvalue weighted by Crippen LogP contribution is -2.38. The van der Waals surface area contributed by atoms with Gasteiger partial charge in [0.15, 0.2) is 12.1 Å². The fourth-order valence-electron chi connectivity index (χ4n) is 3.60. The quantitative estimate of drug-likeness (QED) is 0.0982. The number of benzene rings is 3. The van der Waals surface area contributed by atoms with Gasteiger partial charge in [-0.2, -0.15) is 8.42 Å². The third kappa shape index (κ3) is 23.4. The number of phenols is 2. The van der Waals surface area contributed by atoms with Crippen molar-refractivity contribution in [3.05, 3.63) is 90.0 Å². The molecule has 3 aromatic carbocycles. The van der Waals surface area contributed by atoms with Crippen LogP contribution in [0.2, 0.25) is 0 Å². The molecule has 0 fully saturated rings. The molecule has 0 saturated carbocycles. The summed E-state index contributed by atoms with van der Waals surface area (Å²) in [5, 5.41) is 29.6. The number of aliphatic hydroxyl groups is 1. The number of para-hydroxylation sites is 1. The minimum absolute atomic E-state index is 0.0666. The minimum atomic E-state index is -4.02. The zero-order valence-corrected chi connectivity index (χ0v) is 32.9. The van der Waals surface area contributed by atoms with Crippen molar-refractivity contribution in [2.45, 2.75) is 97.0 Å². The summed E-state index contributed by atoms with van der Waals surface area (Å²) in [6.07, 6.45) is -2.54. The molecule has 0 aliphatic rings. The van der Waals surface area contributed by atoms with Gasteiger partial charge in [0.1, 0.15) is 22.7 Å². The van der Waals surface area contributed by atoms with Crippen molar-refractivity contribution < 1.29 is 66.4 Å². The first-order chi connectivity index (χ1) is 24.9. The number of rotatable bonds is 9. The molecule has 0 radical (unpaired) electrons. The molecule has 300 valence electrons. The highest BCUT2D eigenvalue weighted by Crippen LogP contribution is 2.19. The first-order valence-electron chi connectivity index (χ1n) is 16.7. The standard InChI is InChI=1S/C15H21NO5.C10H18O5.C7H8O3S.C6H6O/c1-5-20-13(18)12(10-6-8-11(17)9-7-10)16-14(19)21-15(2,3)4;1-5-14-9(13)7(11)6-8(12)15-10(2,3)4;1-6-2-4-7(5-3-6)11(8,9)10;7-6-4-2-1-3-5-6/h6-9,12,17H,5H2,1-4H3,(H,16,19);7,11H,5-6H2,1-4H3;2-5H,1H3,(H,8,9,10);1-5,7H. The van der Waals surface area contributed by atoms with Gasteiger partial charge in [0.25, 0.3) is 10.1 Å². The highest BCUT2D eigenvalue weighted by Gasteiger charge is 2.27. The van der Waals surface area contributed by atoms with Crippen LogP contribution in [0.5, 0.6) is 11.5 Å². The largest absolute Gasteiger partial charge is 0.508 e. The molecule has 0 bridgehead atoms. The molecule has 1 amide bonds. The van der Waals surface area contributed by atoms with Crippen molar-refractivity contribution in [3.63, 3.8) is 0 Å². The van der Waals surface area contributed by atoms with E-state index in [-0.39, 0.29) is 30.3 Å². The Kier molecular flexibility index (Phi) is 21.2. The van der Waals surface area contributed by atoms with Gasteiger partial charge in [-0.25, -0.2) is 14.4 Å². The van der Waals surface area contributed by atoms with E-state index in [9.17, 15) is 37.8 Å².